The van der Waals surface area contributed by atoms with Gasteiger partial charge in [0, 0.05) is 17.7 Å². The number of aliphatic hydroxyl groups is 1. The van der Waals surface area contributed by atoms with Gasteiger partial charge in [-0.15, -0.1) is 0 Å². The second kappa shape index (κ2) is 3.36. The zero-order valence-electron chi connectivity index (χ0n) is 7.96. The van der Waals surface area contributed by atoms with Crippen LogP contribution in [0.25, 0.3) is 0 Å². The summed E-state index contributed by atoms with van der Waals surface area (Å²) in [4.78, 5) is 0. The Morgan fingerprint density at radius 3 is 2.50 bits per heavy atom. The van der Waals surface area contributed by atoms with E-state index in [1.165, 1.54) is 0 Å². The summed E-state index contributed by atoms with van der Waals surface area (Å²) in [6.07, 6.45) is 2.37. The Morgan fingerprint density at radius 2 is 1.93 bits per heavy atom. The first-order chi connectivity index (χ1) is 6.68. The number of nitrogens with two attached hydrogens (primary N) is 1. The zero-order chi connectivity index (χ0) is 10.0. The second-order valence-electron chi connectivity index (χ2n) is 3.82. The lowest BCUT2D eigenvalue weighted by Gasteiger charge is -1.98. The van der Waals surface area contributed by atoms with Crippen molar-refractivity contribution in [1.82, 2.24) is 0 Å². The average molecular weight is 187 g/mol. The Bertz CT molecular complexity index is 379. The third-order valence-electron chi connectivity index (χ3n) is 2.39. The predicted molar refractivity (Wildman–Crippen MR) is 56.5 cm³/mol. The Hall–Kier alpha value is -1.46. The molecule has 0 radical (unpaired) electrons. The molecule has 3 N–H and O–H groups in total. The minimum atomic E-state index is -0.471. The van der Waals surface area contributed by atoms with E-state index in [0.717, 1.165) is 24.1 Å². The highest BCUT2D eigenvalue weighted by Gasteiger charge is 2.39. The fourth-order valence-electron chi connectivity index (χ4n) is 1.20. The van der Waals surface area contributed by atoms with E-state index in [0.29, 0.717) is 6.42 Å². The van der Waals surface area contributed by atoms with E-state index in [9.17, 15) is 5.11 Å². The summed E-state index contributed by atoms with van der Waals surface area (Å²) >= 11 is 0. The van der Waals surface area contributed by atoms with Crippen LogP contribution < -0.4 is 5.73 Å². The molecule has 1 fully saturated rings. The van der Waals surface area contributed by atoms with Gasteiger partial charge in [-0.1, -0.05) is 11.8 Å². The van der Waals surface area contributed by atoms with Crippen LogP contribution in [-0.2, 0) is 0 Å². The van der Waals surface area contributed by atoms with Gasteiger partial charge in [-0.2, -0.15) is 0 Å². The standard InChI is InChI=1S/C12H13NO/c13-11-5-3-10(4-6-11)2-1-7-12(14)8-9-12/h3-6,14H,7-9,13H2. The molecule has 1 aromatic carbocycles. The first kappa shape index (κ1) is 9.11. The van der Waals surface area contributed by atoms with Crippen molar-refractivity contribution in [2.75, 3.05) is 5.73 Å². The van der Waals surface area contributed by atoms with Gasteiger partial charge < -0.3 is 10.8 Å². The molecule has 0 saturated heterocycles. The van der Waals surface area contributed by atoms with Crippen LogP contribution in [0.5, 0.6) is 0 Å². The fraction of sp³-hybridized carbons (Fsp3) is 0.333. The molecule has 1 aliphatic carbocycles. The van der Waals surface area contributed by atoms with E-state index in [4.69, 9.17) is 5.73 Å². The van der Waals surface area contributed by atoms with Crippen molar-refractivity contribution >= 4 is 5.69 Å². The van der Waals surface area contributed by atoms with Crippen molar-refractivity contribution in [3.05, 3.63) is 29.8 Å². The molecule has 0 spiro atoms. The molecule has 2 rings (SSSR count). The van der Waals surface area contributed by atoms with Crippen LogP contribution in [0.3, 0.4) is 0 Å². The summed E-state index contributed by atoms with van der Waals surface area (Å²) in [7, 11) is 0. The van der Waals surface area contributed by atoms with E-state index in [-0.39, 0.29) is 0 Å². The quantitative estimate of drug-likeness (QED) is 0.517. The number of nitrogen functional groups attached to an aromatic ring is 1. The largest absolute Gasteiger partial charge is 0.399 e. The van der Waals surface area contributed by atoms with Crippen molar-refractivity contribution < 1.29 is 5.11 Å². The van der Waals surface area contributed by atoms with Crippen LogP contribution in [0.2, 0.25) is 0 Å². The van der Waals surface area contributed by atoms with Crippen LogP contribution in [0, 0.1) is 11.8 Å². The number of hydrogen-bond donors (Lipinski definition) is 2. The lowest BCUT2D eigenvalue weighted by molar-refractivity contribution is 0.156. The number of rotatable bonds is 1. The van der Waals surface area contributed by atoms with E-state index in [1.54, 1.807) is 0 Å². The molecule has 0 bridgehead atoms. The molecule has 0 aliphatic heterocycles. The second-order valence-corrected chi connectivity index (χ2v) is 3.82. The van der Waals surface area contributed by atoms with Gasteiger partial charge in [0.15, 0.2) is 0 Å². The van der Waals surface area contributed by atoms with Gasteiger partial charge in [0.25, 0.3) is 0 Å². The summed E-state index contributed by atoms with van der Waals surface area (Å²) in [5, 5.41) is 9.53. The lowest BCUT2D eigenvalue weighted by Crippen LogP contribution is -2.03. The average Bonchev–Trinajstić information content (AvgIpc) is 2.88. The molecule has 1 aliphatic rings. The minimum absolute atomic E-state index is 0.471. The van der Waals surface area contributed by atoms with Crippen molar-refractivity contribution in [3.63, 3.8) is 0 Å². The van der Waals surface area contributed by atoms with E-state index in [1.807, 2.05) is 24.3 Å². The molecular weight excluding hydrogens is 174 g/mol. The first-order valence-corrected chi connectivity index (χ1v) is 4.75. The third-order valence-corrected chi connectivity index (χ3v) is 2.39. The lowest BCUT2D eigenvalue weighted by atomic mass is 10.2. The molecular formula is C12H13NO. The Morgan fingerprint density at radius 1 is 1.29 bits per heavy atom. The molecule has 0 aromatic heterocycles. The van der Waals surface area contributed by atoms with Gasteiger partial charge in [-0.05, 0) is 37.1 Å². The minimum Gasteiger partial charge on any atom is -0.399 e. The Labute approximate surface area is 83.7 Å². The zero-order valence-corrected chi connectivity index (χ0v) is 7.96. The van der Waals surface area contributed by atoms with Crippen molar-refractivity contribution in [1.29, 1.82) is 0 Å². The molecule has 0 heterocycles. The molecule has 1 saturated carbocycles. The summed E-state index contributed by atoms with van der Waals surface area (Å²) in [5.41, 5.74) is 6.77. The van der Waals surface area contributed by atoms with E-state index in [2.05, 4.69) is 11.8 Å². The monoisotopic (exact) mass is 187 g/mol. The van der Waals surface area contributed by atoms with E-state index < -0.39 is 5.60 Å². The normalized spacial score (nSPS) is 16.9. The van der Waals surface area contributed by atoms with Crippen LogP contribution in [0.15, 0.2) is 24.3 Å². The summed E-state index contributed by atoms with van der Waals surface area (Å²) < 4.78 is 0. The van der Waals surface area contributed by atoms with Crippen LogP contribution in [0.4, 0.5) is 5.69 Å². The van der Waals surface area contributed by atoms with Crippen LogP contribution in [0.1, 0.15) is 24.8 Å². The summed E-state index contributed by atoms with van der Waals surface area (Å²) in [5.74, 6) is 5.99. The maximum Gasteiger partial charge on any atom is 0.0758 e. The summed E-state index contributed by atoms with van der Waals surface area (Å²) in [6, 6.07) is 7.43. The molecule has 2 heteroatoms. The third kappa shape index (κ3) is 2.27. The van der Waals surface area contributed by atoms with Crippen molar-refractivity contribution in [2.45, 2.75) is 24.9 Å². The molecule has 0 amide bonds. The number of hydrogen-bond acceptors (Lipinski definition) is 2. The first-order valence-electron chi connectivity index (χ1n) is 4.75. The topological polar surface area (TPSA) is 46.2 Å². The fourth-order valence-corrected chi connectivity index (χ4v) is 1.20. The van der Waals surface area contributed by atoms with Gasteiger partial charge in [0.2, 0.25) is 0 Å². The molecule has 1 aromatic rings. The molecule has 72 valence electrons. The van der Waals surface area contributed by atoms with Gasteiger partial charge in [0.05, 0.1) is 5.60 Å². The van der Waals surface area contributed by atoms with Gasteiger partial charge in [-0.25, -0.2) is 0 Å². The van der Waals surface area contributed by atoms with Crippen LogP contribution >= 0.6 is 0 Å². The Balaban J connectivity index is 1.99. The Kier molecular flexibility index (Phi) is 2.18. The predicted octanol–water partition coefficient (Wildman–Crippen LogP) is 1.54. The van der Waals surface area contributed by atoms with Gasteiger partial charge in [0.1, 0.15) is 0 Å². The highest BCUT2D eigenvalue weighted by atomic mass is 16.3. The van der Waals surface area contributed by atoms with Gasteiger partial charge >= 0.3 is 0 Å². The van der Waals surface area contributed by atoms with Gasteiger partial charge in [-0.3, -0.25) is 0 Å². The van der Waals surface area contributed by atoms with E-state index >= 15 is 0 Å². The maximum atomic E-state index is 9.53. The number of benzene rings is 1. The SMILES string of the molecule is Nc1ccc(C#CCC2(O)CC2)cc1. The smallest absolute Gasteiger partial charge is 0.0758 e. The molecule has 0 atom stereocenters. The highest BCUT2D eigenvalue weighted by molar-refractivity contribution is 5.44. The number of anilines is 1. The molecule has 2 nitrogen and oxygen atoms in total. The van der Waals surface area contributed by atoms with Crippen molar-refractivity contribution in [3.8, 4) is 11.8 Å². The molecule has 14 heavy (non-hydrogen) atoms. The van der Waals surface area contributed by atoms with Crippen molar-refractivity contribution in [2.24, 2.45) is 0 Å². The summed E-state index contributed by atoms with van der Waals surface area (Å²) in [6.45, 7) is 0. The maximum absolute atomic E-state index is 9.53. The van der Waals surface area contributed by atoms with Crippen LogP contribution in [-0.4, -0.2) is 10.7 Å². The molecule has 0 unspecified atom stereocenters. The highest BCUT2D eigenvalue weighted by Crippen LogP contribution is 2.37.